The van der Waals surface area contributed by atoms with Crippen molar-refractivity contribution < 1.29 is 13.2 Å². The number of sulfonamides is 1. The van der Waals surface area contributed by atoms with E-state index in [-0.39, 0.29) is 10.8 Å². The van der Waals surface area contributed by atoms with Gasteiger partial charge in [0.15, 0.2) is 0 Å². The van der Waals surface area contributed by atoms with Crippen LogP contribution < -0.4 is 10.0 Å². The molecule has 0 fully saturated rings. The van der Waals surface area contributed by atoms with Gasteiger partial charge in [-0.05, 0) is 55.7 Å². The van der Waals surface area contributed by atoms with Crippen LogP contribution in [0.5, 0.6) is 0 Å². The van der Waals surface area contributed by atoms with Crippen molar-refractivity contribution in [3.63, 3.8) is 0 Å². The maximum atomic E-state index is 12.4. The van der Waals surface area contributed by atoms with Crippen molar-refractivity contribution in [3.8, 4) is 0 Å². The second kappa shape index (κ2) is 10.3. The molecule has 152 valence electrons. The molecule has 0 aliphatic rings. The van der Waals surface area contributed by atoms with Crippen molar-refractivity contribution in [2.45, 2.75) is 51.3 Å². The lowest BCUT2D eigenvalue weighted by Gasteiger charge is -2.15. The fraction of sp³-hybridized carbons (Fsp3) is 0.409. The lowest BCUT2D eigenvalue weighted by Crippen LogP contribution is -2.29. The minimum Gasteiger partial charge on any atom is -0.352 e. The van der Waals surface area contributed by atoms with E-state index in [1.165, 1.54) is 6.42 Å². The van der Waals surface area contributed by atoms with E-state index in [1.807, 2.05) is 6.92 Å². The third kappa shape index (κ3) is 6.37. The molecule has 0 bridgehead atoms. The molecule has 1 amide bonds. The van der Waals surface area contributed by atoms with Gasteiger partial charge in [-0.15, -0.1) is 0 Å². The number of unbranched alkanes of at least 4 members (excludes halogenated alkanes) is 1. The van der Waals surface area contributed by atoms with Crippen LogP contribution in [0.25, 0.3) is 0 Å². The second-order valence-corrected chi connectivity index (χ2v) is 8.80. The van der Waals surface area contributed by atoms with Gasteiger partial charge in [0, 0.05) is 17.8 Å². The van der Waals surface area contributed by atoms with Crippen molar-refractivity contribution >= 4 is 21.6 Å². The molecular weight excluding hydrogens is 372 g/mol. The SMILES string of the molecule is CCCC[C@@H](CC)CNC(=O)c1ccc(NS(=O)(=O)c2ccc(C)cc2)cc1. The summed E-state index contributed by atoms with van der Waals surface area (Å²) >= 11 is 0. The molecule has 2 N–H and O–H groups in total. The Bertz CT molecular complexity index is 860. The average Bonchev–Trinajstić information content (AvgIpc) is 2.68. The lowest BCUT2D eigenvalue weighted by molar-refractivity contribution is 0.0946. The molecule has 6 heteroatoms. The molecule has 0 saturated heterocycles. The summed E-state index contributed by atoms with van der Waals surface area (Å²) in [7, 11) is -3.65. The molecule has 0 unspecified atom stereocenters. The maximum Gasteiger partial charge on any atom is 0.261 e. The predicted molar refractivity (Wildman–Crippen MR) is 114 cm³/mol. The number of aryl methyl sites for hydroxylation is 1. The number of hydrogen-bond donors (Lipinski definition) is 2. The number of benzene rings is 2. The van der Waals surface area contributed by atoms with Crippen LogP contribution in [0.3, 0.4) is 0 Å². The van der Waals surface area contributed by atoms with Crippen molar-refractivity contribution in [2.75, 3.05) is 11.3 Å². The van der Waals surface area contributed by atoms with Crippen molar-refractivity contribution in [1.29, 1.82) is 0 Å². The van der Waals surface area contributed by atoms with Gasteiger partial charge in [-0.25, -0.2) is 8.42 Å². The molecule has 0 saturated carbocycles. The highest BCUT2D eigenvalue weighted by molar-refractivity contribution is 7.92. The highest BCUT2D eigenvalue weighted by Gasteiger charge is 2.14. The molecule has 5 nitrogen and oxygen atoms in total. The summed E-state index contributed by atoms with van der Waals surface area (Å²) in [5.74, 6) is 0.354. The average molecular weight is 403 g/mol. The third-order valence-corrected chi connectivity index (χ3v) is 6.22. The van der Waals surface area contributed by atoms with Crippen LogP contribution >= 0.6 is 0 Å². The van der Waals surface area contributed by atoms with Crippen molar-refractivity contribution in [1.82, 2.24) is 5.32 Å². The number of nitrogens with one attached hydrogen (secondary N) is 2. The van der Waals surface area contributed by atoms with Crippen molar-refractivity contribution in [2.24, 2.45) is 5.92 Å². The molecule has 2 rings (SSSR count). The number of anilines is 1. The number of carbonyl (C=O) groups excluding carboxylic acids is 1. The van der Waals surface area contributed by atoms with Gasteiger partial charge in [-0.1, -0.05) is 50.8 Å². The van der Waals surface area contributed by atoms with E-state index in [0.29, 0.717) is 23.7 Å². The number of amides is 1. The Balaban J connectivity index is 1.97. The number of carbonyl (C=O) groups is 1. The summed E-state index contributed by atoms with van der Waals surface area (Å²) in [5, 5.41) is 2.98. The molecule has 0 aromatic heterocycles. The first kappa shape index (κ1) is 22.0. The van der Waals surface area contributed by atoms with Gasteiger partial charge in [0.05, 0.1) is 4.90 Å². The van der Waals surface area contributed by atoms with E-state index in [4.69, 9.17) is 0 Å². The largest absolute Gasteiger partial charge is 0.352 e. The Morgan fingerprint density at radius 2 is 1.64 bits per heavy atom. The van der Waals surface area contributed by atoms with Crippen LogP contribution in [-0.2, 0) is 10.0 Å². The quantitative estimate of drug-likeness (QED) is 0.603. The zero-order chi connectivity index (χ0) is 20.6. The van der Waals surface area contributed by atoms with Gasteiger partial charge >= 0.3 is 0 Å². The Hall–Kier alpha value is -2.34. The van der Waals surface area contributed by atoms with Gasteiger partial charge < -0.3 is 5.32 Å². The summed E-state index contributed by atoms with van der Waals surface area (Å²) in [4.78, 5) is 12.5. The van der Waals surface area contributed by atoms with Gasteiger partial charge in [-0.2, -0.15) is 0 Å². The molecule has 0 aliphatic heterocycles. The van der Waals surface area contributed by atoms with Gasteiger partial charge in [0.2, 0.25) is 0 Å². The van der Waals surface area contributed by atoms with Gasteiger partial charge in [0.1, 0.15) is 0 Å². The molecule has 2 aromatic carbocycles. The van der Waals surface area contributed by atoms with E-state index in [9.17, 15) is 13.2 Å². The molecule has 0 radical (unpaired) electrons. The van der Waals surface area contributed by atoms with E-state index in [1.54, 1.807) is 48.5 Å². The number of rotatable bonds is 10. The first-order valence-electron chi connectivity index (χ1n) is 9.83. The summed E-state index contributed by atoms with van der Waals surface area (Å²) in [5.41, 5.74) is 1.93. The molecule has 0 spiro atoms. The van der Waals surface area contributed by atoms with Crippen LogP contribution in [0, 0.1) is 12.8 Å². The van der Waals surface area contributed by atoms with Gasteiger partial charge in [0.25, 0.3) is 15.9 Å². The maximum absolute atomic E-state index is 12.4. The summed E-state index contributed by atoms with van der Waals surface area (Å²) in [6.07, 6.45) is 4.49. The van der Waals surface area contributed by atoms with E-state index < -0.39 is 10.0 Å². The highest BCUT2D eigenvalue weighted by Crippen LogP contribution is 2.17. The predicted octanol–water partition coefficient (Wildman–Crippen LogP) is 4.74. The highest BCUT2D eigenvalue weighted by atomic mass is 32.2. The van der Waals surface area contributed by atoms with Crippen LogP contribution in [0.2, 0.25) is 0 Å². The molecule has 28 heavy (non-hydrogen) atoms. The summed E-state index contributed by atoms with van der Waals surface area (Å²) in [6.45, 7) is 6.87. The zero-order valence-electron chi connectivity index (χ0n) is 16.9. The van der Waals surface area contributed by atoms with Crippen LogP contribution in [0.15, 0.2) is 53.4 Å². The Labute approximate surface area is 168 Å². The number of hydrogen-bond acceptors (Lipinski definition) is 3. The van der Waals surface area contributed by atoms with E-state index >= 15 is 0 Å². The van der Waals surface area contributed by atoms with Crippen LogP contribution in [-0.4, -0.2) is 20.9 Å². The van der Waals surface area contributed by atoms with Crippen LogP contribution in [0.1, 0.15) is 55.5 Å². The minimum absolute atomic E-state index is 0.136. The molecular formula is C22H30N2O3S. The molecule has 0 aliphatic carbocycles. The minimum atomic E-state index is -3.65. The Kier molecular flexibility index (Phi) is 8.05. The fourth-order valence-corrected chi connectivity index (χ4v) is 3.96. The smallest absolute Gasteiger partial charge is 0.261 e. The fourth-order valence-electron chi connectivity index (χ4n) is 2.90. The first-order valence-corrected chi connectivity index (χ1v) is 11.3. The van der Waals surface area contributed by atoms with Crippen molar-refractivity contribution in [3.05, 3.63) is 59.7 Å². The normalized spacial score (nSPS) is 12.4. The molecule has 0 heterocycles. The van der Waals surface area contributed by atoms with E-state index in [2.05, 4.69) is 23.9 Å². The first-order chi connectivity index (χ1) is 13.4. The topological polar surface area (TPSA) is 75.3 Å². The monoisotopic (exact) mass is 402 g/mol. The Morgan fingerprint density at radius 1 is 1.00 bits per heavy atom. The Morgan fingerprint density at radius 3 is 2.21 bits per heavy atom. The third-order valence-electron chi connectivity index (χ3n) is 4.83. The lowest BCUT2D eigenvalue weighted by atomic mass is 9.99. The molecule has 1 atom stereocenters. The molecule has 2 aromatic rings. The second-order valence-electron chi connectivity index (χ2n) is 7.12. The van der Waals surface area contributed by atoms with Crippen LogP contribution in [0.4, 0.5) is 5.69 Å². The standard InChI is InChI=1S/C22H30N2O3S/c1-4-6-7-18(5-2)16-23-22(25)19-10-12-20(13-11-19)24-28(26,27)21-14-8-17(3)9-15-21/h8-15,18,24H,4-7,16H2,1-3H3,(H,23,25)/t18-/m1/s1. The van der Waals surface area contributed by atoms with Gasteiger partial charge in [-0.3, -0.25) is 9.52 Å². The zero-order valence-corrected chi connectivity index (χ0v) is 17.7. The summed E-state index contributed by atoms with van der Waals surface area (Å²) in [6, 6.07) is 13.1. The summed E-state index contributed by atoms with van der Waals surface area (Å²) < 4.78 is 27.4. The van der Waals surface area contributed by atoms with E-state index in [0.717, 1.165) is 24.8 Å².